The molecule has 2 rings (SSSR count). The van der Waals surface area contributed by atoms with Crippen molar-refractivity contribution in [3.8, 4) is 0 Å². The van der Waals surface area contributed by atoms with Gasteiger partial charge in [-0.25, -0.2) is 4.79 Å². The van der Waals surface area contributed by atoms with Crippen LogP contribution in [0, 0.1) is 0 Å². The fourth-order valence-corrected chi connectivity index (χ4v) is 2.44. The Hall–Kier alpha value is -0.343. The maximum atomic E-state index is 10.6. The van der Waals surface area contributed by atoms with E-state index < -0.39 is 5.97 Å². The third kappa shape index (κ3) is 2.01. The van der Waals surface area contributed by atoms with Gasteiger partial charge >= 0.3 is 24.8 Å². The van der Waals surface area contributed by atoms with Crippen LogP contribution in [0.15, 0.2) is 22.8 Å². The molecule has 0 amide bonds. The van der Waals surface area contributed by atoms with Gasteiger partial charge in [0.05, 0.1) is 10.2 Å². The molecular weight excluding hydrogens is 261 g/mol. The molecule has 0 aromatic carbocycles. The predicted octanol–water partition coefficient (Wildman–Crippen LogP) is -0.127. The summed E-state index contributed by atoms with van der Waals surface area (Å²) in [5, 5.41) is 8.74. The Labute approximate surface area is 106 Å². The second kappa shape index (κ2) is 4.45. The van der Waals surface area contributed by atoms with Crippen LogP contribution in [0.1, 0.15) is 11.1 Å². The summed E-state index contributed by atoms with van der Waals surface area (Å²) in [5.41, 5.74) is 0.719. The first-order chi connectivity index (χ1) is 6.18. The van der Waals surface area contributed by atoms with Crippen LogP contribution in [0.4, 0.5) is 0 Å². The van der Waals surface area contributed by atoms with E-state index in [1.165, 1.54) is 11.3 Å². The number of fused-ring (bicyclic) bond motifs is 1. The van der Waals surface area contributed by atoms with Gasteiger partial charge in [-0.2, -0.15) is 0 Å². The number of hydrogen-bond acceptors (Lipinski definition) is 3. The number of carboxylic acid groups (broad SMARTS) is 1. The summed E-state index contributed by atoms with van der Waals surface area (Å²) in [6.07, 6.45) is 1.64. The number of nitrogens with zero attached hydrogens (tertiary/aromatic N) is 1. The van der Waals surface area contributed by atoms with Crippen LogP contribution in [0.2, 0.25) is 0 Å². The molecule has 6 heteroatoms. The van der Waals surface area contributed by atoms with E-state index in [4.69, 9.17) is 5.11 Å². The number of carboxylic acids is 1. The van der Waals surface area contributed by atoms with E-state index in [1.54, 1.807) is 18.3 Å². The molecule has 0 spiro atoms. The predicted molar refractivity (Wildman–Crippen MR) is 55.4 cm³/mol. The summed E-state index contributed by atoms with van der Waals surface area (Å²) in [5.74, 6) is -0.907. The number of halogens is 1. The largest absolute Gasteiger partial charge is 1.00 e. The molecule has 2 heterocycles. The van der Waals surface area contributed by atoms with Crippen molar-refractivity contribution in [1.82, 2.24) is 4.98 Å². The normalized spacial score (nSPS) is 9.79. The smallest absolute Gasteiger partial charge is 1.00 e. The molecule has 0 bridgehead atoms. The molecular formula is C8H5BrLiNO2S. The molecule has 0 aliphatic rings. The minimum Gasteiger partial charge on any atom is -1.00 e. The van der Waals surface area contributed by atoms with Gasteiger partial charge in [0.2, 0.25) is 0 Å². The number of carbonyl (C=O) groups is 1. The van der Waals surface area contributed by atoms with E-state index >= 15 is 0 Å². The average molecular weight is 266 g/mol. The van der Waals surface area contributed by atoms with Gasteiger partial charge in [-0.15, -0.1) is 11.3 Å². The van der Waals surface area contributed by atoms with Crippen LogP contribution in [-0.2, 0) is 0 Å². The summed E-state index contributed by atoms with van der Waals surface area (Å²) in [4.78, 5) is 15.0. The number of hydrogen-bond donors (Lipinski definition) is 1. The van der Waals surface area contributed by atoms with Crippen molar-refractivity contribution < 1.29 is 30.2 Å². The van der Waals surface area contributed by atoms with Crippen molar-refractivity contribution in [2.75, 3.05) is 0 Å². The molecule has 1 N–H and O–H groups in total. The first-order valence-electron chi connectivity index (χ1n) is 3.46. The molecule has 2 aromatic rings. The Balaban J connectivity index is 0.000000980. The van der Waals surface area contributed by atoms with E-state index in [0.29, 0.717) is 4.88 Å². The summed E-state index contributed by atoms with van der Waals surface area (Å²) in [6, 6.07) is 3.37. The summed E-state index contributed by atoms with van der Waals surface area (Å²) >= 11 is 4.56. The van der Waals surface area contributed by atoms with E-state index in [1.807, 2.05) is 0 Å². The first kappa shape index (κ1) is 11.7. The fourth-order valence-electron chi connectivity index (χ4n) is 1.01. The molecule has 0 aliphatic carbocycles. The van der Waals surface area contributed by atoms with E-state index in [-0.39, 0.29) is 20.3 Å². The van der Waals surface area contributed by atoms with E-state index in [9.17, 15) is 4.79 Å². The number of rotatable bonds is 1. The Morgan fingerprint density at radius 1 is 1.64 bits per heavy atom. The van der Waals surface area contributed by atoms with Crippen LogP contribution in [0.3, 0.4) is 0 Å². The zero-order chi connectivity index (χ0) is 9.42. The van der Waals surface area contributed by atoms with Crippen LogP contribution >= 0.6 is 27.3 Å². The van der Waals surface area contributed by atoms with Crippen molar-refractivity contribution in [3.05, 3.63) is 27.7 Å². The number of thiophene rings is 1. The van der Waals surface area contributed by atoms with Crippen molar-refractivity contribution >= 4 is 43.5 Å². The van der Waals surface area contributed by atoms with Gasteiger partial charge in [0.25, 0.3) is 0 Å². The molecule has 0 saturated heterocycles. The second-order valence-corrected chi connectivity index (χ2v) is 4.33. The number of pyridine rings is 1. The zero-order valence-corrected chi connectivity index (χ0v) is 9.72. The number of aromatic carboxylic acids is 1. The molecule has 2 aromatic heterocycles. The molecule has 0 atom stereocenters. The van der Waals surface area contributed by atoms with Gasteiger partial charge < -0.3 is 6.53 Å². The Morgan fingerprint density at radius 2 is 2.36 bits per heavy atom. The molecule has 0 radical (unpaired) electrons. The minimum atomic E-state index is -0.907. The molecule has 0 fully saturated rings. The van der Waals surface area contributed by atoms with E-state index in [2.05, 4.69) is 20.9 Å². The van der Waals surface area contributed by atoms with Gasteiger partial charge in [-0.05, 0) is 28.1 Å². The van der Waals surface area contributed by atoms with Crippen LogP contribution in [0.5, 0.6) is 0 Å². The standard InChI is InChI=1S/C8H4BrNO2S.Li.H/c9-4-1-2-10-5-3-6(8(11)12)13-7(4)5;;/h1-3H,(H,11,12);;/q;+1;-1. The third-order valence-corrected chi connectivity index (χ3v) is 3.64. The van der Waals surface area contributed by atoms with Crippen molar-refractivity contribution in [2.45, 2.75) is 0 Å². The van der Waals surface area contributed by atoms with Crippen LogP contribution in [-0.4, -0.2) is 16.1 Å². The maximum Gasteiger partial charge on any atom is 1.00 e. The molecule has 68 valence electrons. The molecule has 0 unspecified atom stereocenters. The minimum absolute atomic E-state index is 0. The molecule has 0 aliphatic heterocycles. The van der Waals surface area contributed by atoms with Crippen LogP contribution in [0.25, 0.3) is 10.2 Å². The first-order valence-corrected chi connectivity index (χ1v) is 5.07. The topological polar surface area (TPSA) is 50.2 Å². The average Bonchev–Trinajstić information content (AvgIpc) is 2.49. The third-order valence-electron chi connectivity index (χ3n) is 1.57. The summed E-state index contributed by atoms with van der Waals surface area (Å²) < 4.78 is 1.76. The van der Waals surface area contributed by atoms with Crippen molar-refractivity contribution in [1.29, 1.82) is 0 Å². The van der Waals surface area contributed by atoms with Gasteiger partial charge in [-0.1, -0.05) is 0 Å². The summed E-state index contributed by atoms with van der Waals surface area (Å²) in [6.45, 7) is 0. The van der Waals surface area contributed by atoms with Gasteiger partial charge in [0.15, 0.2) is 0 Å². The van der Waals surface area contributed by atoms with Gasteiger partial charge in [-0.3, -0.25) is 4.98 Å². The van der Waals surface area contributed by atoms with Crippen LogP contribution < -0.4 is 18.9 Å². The van der Waals surface area contributed by atoms with Crippen molar-refractivity contribution in [2.24, 2.45) is 0 Å². The van der Waals surface area contributed by atoms with Crippen molar-refractivity contribution in [3.63, 3.8) is 0 Å². The SMILES string of the molecule is O=C(O)c1cc2nccc(Br)c2s1.[H-].[Li+]. The Morgan fingerprint density at radius 3 is 2.93 bits per heavy atom. The van der Waals surface area contributed by atoms with Gasteiger partial charge in [0, 0.05) is 10.7 Å². The fraction of sp³-hybridized carbons (Fsp3) is 0. The maximum absolute atomic E-state index is 10.6. The zero-order valence-electron chi connectivity index (χ0n) is 8.32. The number of aromatic nitrogens is 1. The quantitative estimate of drug-likeness (QED) is 0.732. The second-order valence-electron chi connectivity index (χ2n) is 2.42. The monoisotopic (exact) mass is 265 g/mol. The molecule has 0 saturated carbocycles. The van der Waals surface area contributed by atoms with Gasteiger partial charge in [0.1, 0.15) is 4.88 Å². The molecule has 3 nitrogen and oxygen atoms in total. The Bertz CT molecular complexity index is 490. The van der Waals surface area contributed by atoms with E-state index in [0.717, 1.165) is 14.7 Å². The molecule has 14 heavy (non-hydrogen) atoms. The Kier molecular flexibility index (Phi) is 3.73. The summed E-state index contributed by atoms with van der Waals surface area (Å²) in [7, 11) is 0.